The van der Waals surface area contributed by atoms with Gasteiger partial charge >= 0.3 is 0 Å². The second kappa shape index (κ2) is 9.06. The zero-order chi connectivity index (χ0) is 22.8. The fourth-order valence-corrected chi connectivity index (χ4v) is 5.63. The van der Waals surface area contributed by atoms with Crippen LogP contribution in [-0.4, -0.2) is 28.0 Å². The Morgan fingerprint density at radius 1 is 1.03 bits per heavy atom. The lowest BCUT2D eigenvalue weighted by atomic mass is 9.90. The van der Waals surface area contributed by atoms with Crippen molar-refractivity contribution in [3.63, 3.8) is 0 Å². The Morgan fingerprint density at radius 2 is 1.88 bits per heavy atom. The minimum atomic E-state index is -0.153. The van der Waals surface area contributed by atoms with Crippen molar-refractivity contribution < 1.29 is 4.79 Å². The molecule has 1 aromatic carbocycles. The Balaban J connectivity index is 1.52. The highest BCUT2D eigenvalue weighted by Crippen LogP contribution is 2.40. The number of fused-ring (bicyclic) bond motifs is 6. The number of amides is 1. The number of carbonyl (C=O) groups is 1. The molecule has 1 amide bonds. The summed E-state index contributed by atoms with van der Waals surface area (Å²) in [6.45, 7) is 5.40. The maximum atomic E-state index is 13.1. The molecule has 4 heterocycles. The third kappa shape index (κ3) is 4.69. The molecule has 2 N–H and O–H groups in total. The average molecular weight is 460 g/mol. The number of pyridine rings is 2. The van der Waals surface area contributed by atoms with Crippen LogP contribution in [0.15, 0.2) is 71.9 Å². The van der Waals surface area contributed by atoms with Crippen LogP contribution >= 0.6 is 11.9 Å². The molecule has 2 aliphatic rings. The fraction of sp³-hybridized carbons (Fsp3) is 0.346. The normalized spacial score (nSPS) is 22.4. The lowest BCUT2D eigenvalue weighted by Crippen LogP contribution is -2.40. The predicted octanol–water partition coefficient (Wildman–Crippen LogP) is 5.47. The van der Waals surface area contributed by atoms with Crippen LogP contribution in [0.4, 0.5) is 11.6 Å². The van der Waals surface area contributed by atoms with Crippen molar-refractivity contribution in [3.05, 3.63) is 78.0 Å². The molecule has 1 fully saturated rings. The zero-order valence-electron chi connectivity index (χ0n) is 19.0. The van der Waals surface area contributed by atoms with Gasteiger partial charge < -0.3 is 10.2 Å². The van der Waals surface area contributed by atoms with Gasteiger partial charge in [0.25, 0.3) is 5.91 Å². The van der Waals surface area contributed by atoms with E-state index in [2.05, 4.69) is 64.1 Å². The van der Waals surface area contributed by atoms with Crippen molar-refractivity contribution in [2.75, 3.05) is 16.8 Å². The molecule has 170 valence electrons. The van der Waals surface area contributed by atoms with E-state index in [1.54, 1.807) is 6.20 Å². The van der Waals surface area contributed by atoms with Crippen molar-refractivity contribution >= 4 is 29.5 Å². The Labute approximate surface area is 199 Å². The topological polar surface area (TPSA) is 70.1 Å². The van der Waals surface area contributed by atoms with E-state index >= 15 is 0 Å². The van der Waals surface area contributed by atoms with E-state index < -0.39 is 0 Å². The Kier molecular flexibility index (Phi) is 5.98. The summed E-state index contributed by atoms with van der Waals surface area (Å²) in [5.41, 5.74) is 1.79. The van der Waals surface area contributed by atoms with Gasteiger partial charge in [-0.3, -0.25) is 9.52 Å². The van der Waals surface area contributed by atoms with E-state index in [0.717, 1.165) is 42.5 Å². The van der Waals surface area contributed by atoms with Crippen LogP contribution in [0, 0.1) is 5.92 Å². The number of benzene rings is 1. The van der Waals surface area contributed by atoms with Crippen molar-refractivity contribution in [2.45, 2.75) is 49.7 Å². The zero-order valence-corrected chi connectivity index (χ0v) is 19.8. The van der Waals surface area contributed by atoms with Crippen molar-refractivity contribution in [3.8, 4) is 0 Å². The summed E-state index contributed by atoms with van der Waals surface area (Å²) in [6, 6.07) is 20.3. The first-order valence-electron chi connectivity index (χ1n) is 11.5. The van der Waals surface area contributed by atoms with Crippen molar-refractivity contribution in [1.82, 2.24) is 14.7 Å². The van der Waals surface area contributed by atoms with Gasteiger partial charge in [-0.15, -0.1) is 0 Å². The van der Waals surface area contributed by atoms with E-state index in [9.17, 15) is 4.79 Å². The number of hydrogen-bond acceptors (Lipinski definition) is 6. The molecule has 0 radical (unpaired) electrons. The first kappa shape index (κ1) is 21.8. The van der Waals surface area contributed by atoms with Crippen LogP contribution in [0.5, 0.6) is 0 Å². The molecule has 0 aliphatic carbocycles. The van der Waals surface area contributed by atoms with Crippen LogP contribution in [0.2, 0.25) is 0 Å². The predicted molar refractivity (Wildman–Crippen MR) is 133 cm³/mol. The van der Waals surface area contributed by atoms with Gasteiger partial charge in [0.1, 0.15) is 16.7 Å². The van der Waals surface area contributed by atoms with Gasteiger partial charge in [-0.2, -0.15) is 0 Å². The standard InChI is InChI=1S/C26H29N5OS/c1-26(2)16-18-13-14-21(19-8-4-3-5-9-19)28-22-11-6-12-23(29-22)33-30-25(32)20-10-7-15-27-24(20)31(26)17-18/h3-12,15,18,21H,13-14,16-17H2,1-2H3,(H,28,29)(H,30,32). The first-order chi connectivity index (χ1) is 16.0. The summed E-state index contributed by atoms with van der Waals surface area (Å²) in [6.07, 6.45) is 4.92. The van der Waals surface area contributed by atoms with Crippen LogP contribution in [0.1, 0.15) is 55.1 Å². The maximum Gasteiger partial charge on any atom is 0.265 e. The fourth-order valence-electron chi connectivity index (χ4n) is 5.04. The highest BCUT2D eigenvalue weighted by molar-refractivity contribution is 7.97. The second-order valence-corrected chi connectivity index (χ2v) is 10.3. The largest absolute Gasteiger partial charge is 0.363 e. The summed E-state index contributed by atoms with van der Waals surface area (Å²) in [7, 11) is 0. The monoisotopic (exact) mass is 459 g/mol. The smallest absolute Gasteiger partial charge is 0.265 e. The van der Waals surface area contributed by atoms with Gasteiger partial charge in [-0.25, -0.2) is 9.97 Å². The molecule has 7 heteroatoms. The van der Waals surface area contributed by atoms with Crippen LogP contribution < -0.4 is 14.9 Å². The molecule has 2 unspecified atom stereocenters. The minimum absolute atomic E-state index is 0.0697. The van der Waals surface area contributed by atoms with Gasteiger partial charge in [0.2, 0.25) is 0 Å². The van der Waals surface area contributed by atoms with Gasteiger partial charge in [0.05, 0.1) is 11.6 Å². The van der Waals surface area contributed by atoms with Gasteiger partial charge in [0, 0.05) is 30.2 Å². The molecular weight excluding hydrogens is 430 g/mol. The lowest BCUT2D eigenvalue weighted by molar-refractivity contribution is 0.0984. The van der Waals surface area contributed by atoms with E-state index in [0.29, 0.717) is 11.5 Å². The summed E-state index contributed by atoms with van der Waals surface area (Å²) >= 11 is 1.23. The Bertz CT molecular complexity index is 1140. The maximum absolute atomic E-state index is 13.1. The van der Waals surface area contributed by atoms with E-state index in [1.165, 1.54) is 17.5 Å². The number of carbonyl (C=O) groups excluding carboxylic acids is 1. The Morgan fingerprint density at radius 3 is 2.73 bits per heavy atom. The van der Waals surface area contributed by atoms with Crippen molar-refractivity contribution in [2.24, 2.45) is 5.92 Å². The van der Waals surface area contributed by atoms with Gasteiger partial charge in [-0.1, -0.05) is 36.4 Å². The lowest BCUT2D eigenvalue weighted by Gasteiger charge is -2.33. The molecule has 0 spiro atoms. The molecule has 2 aliphatic heterocycles. The number of nitrogens with zero attached hydrogens (tertiary/aromatic N) is 3. The molecule has 2 aromatic heterocycles. The van der Waals surface area contributed by atoms with Crippen LogP contribution in [0.3, 0.4) is 0 Å². The molecular formula is C26H29N5OS. The SMILES string of the molecule is CC1(C)CC2CCC(c3ccccc3)Nc3cccc(n3)SNC(=O)c3cccnc3N1C2. The molecule has 33 heavy (non-hydrogen) atoms. The quantitative estimate of drug-likeness (QED) is 0.471. The van der Waals surface area contributed by atoms with Crippen molar-refractivity contribution in [1.29, 1.82) is 0 Å². The Hall–Kier alpha value is -3.06. The van der Waals surface area contributed by atoms with Crippen LogP contribution in [-0.2, 0) is 0 Å². The highest BCUT2D eigenvalue weighted by Gasteiger charge is 2.40. The van der Waals surface area contributed by atoms with Crippen LogP contribution in [0.25, 0.3) is 0 Å². The molecule has 0 saturated carbocycles. The average Bonchev–Trinajstić information content (AvgIpc) is 3.14. The van der Waals surface area contributed by atoms with E-state index in [4.69, 9.17) is 4.98 Å². The highest BCUT2D eigenvalue weighted by atomic mass is 32.2. The summed E-state index contributed by atoms with van der Waals surface area (Å²) in [5.74, 6) is 1.94. The van der Waals surface area contributed by atoms with Gasteiger partial charge in [0.15, 0.2) is 0 Å². The number of anilines is 2. The van der Waals surface area contributed by atoms with E-state index in [-0.39, 0.29) is 17.5 Å². The minimum Gasteiger partial charge on any atom is -0.363 e. The molecule has 5 rings (SSSR count). The van der Waals surface area contributed by atoms with E-state index in [1.807, 2.05) is 30.3 Å². The summed E-state index contributed by atoms with van der Waals surface area (Å²) < 4.78 is 2.97. The second-order valence-electron chi connectivity index (χ2n) is 9.45. The summed E-state index contributed by atoms with van der Waals surface area (Å²) in [4.78, 5) is 24.8. The molecule has 4 bridgehead atoms. The molecule has 2 atom stereocenters. The number of rotatable bonds is 1. The summed E-state index contributed by atoms with van der Waals surface area (Å²) in [5, 5.41) is 4.39. The number of aromatic nitrogens is 2. The number of nitrogens with one attached hydrogen (secondary N) is 2. The van der Waals surface area contributed by atoms with Gasteiger partial charge in [-0.05, 0) is 68.9 Å². The molecule has 3 aromatic rings. The molecule has 1 saturated heterocycles. The third-order valence-electron chi connectivity index (χ3n) is 6.61. The number of hydrogen-bond donors (Lipinski definition) is 2. The third-order valence-corrected chi connectivity index (χ3v) is 7.33. The first-order valence-corrected chi connectivity index (χ1v) is 12.3. The molecule has 6 nitrogen and oxygen atoms in total.